The molecule has 110 valence electrons. The number of fused-ring (bicyclic) bond motifs is 1. The van der Waals surface area contributed by atoms with Gasteiger partial charge in [-0.25, -0.2) is 19.3 Å². The molecule has 0 bridgehead atoms. The Labute approximate surface area is 122 Å². The van der Waals surface area contributed by atoms with E-state index in [2.05, 4.69) is 27.4 Å². The highest BCUT2D eigenvalue weighted by Gasteiger charge is 2.10. The predicted molar refractivity (Wildman–Crippen MR) is 80.6 cm³/mol. The van der Waals surface area contributed by atoms with Crippen molar-refractivity contribution in [3.05, 3.63) is 22.4 Å². The van der Waals surface area contributed by atoms with Crippen molar-refractivity contribution in [2.75, 3.05) is 17.7 Å². The van der Waals surface area contributed by atoms with E-state index in [0.29, 0.717) is 23.3 Å². The van der Waals surface area contributed by atoms with E-state index in [1.165, 1.54) is 4.40 Å². The molecule has 0 aliphatic carbocycles. The van der Waals surface area contributed by atoms with Gasteiger partial charge in [-0.3, -0.25) is 0 Å². The average Bonchev–Trinajstić information content (AvgIpc) is 2.79. The molecular formula is C13H20ClN5O. The summed E-state index contributed by atoms with van der Waals surface area (Å²) in [6.07, 6.45) is 3.28. The summed E-state index contributed by atoms with van der Waals surface area (Å²) in [7, 11) is 0. The van der Waals surface area contributed by atoms with Crippen molar-refractivity contribution in [3.63, 3.8) is 0 Å². The highest BCUT2D eigenvalue weighted by atomic mass is 35.5. The van der Waals surface area contributed by atoms with Gasteiger partial charge in [0.15, 0.2) is 5.65 Å². The minimum atomic E-state index is -0.262. The monoisotopic (exact) mass is 297 g/mol. The predicted octanol–water partition coefficient (Wildman–Crippen LogP) is 2.18. The van der Waals surface area contributed by atoms with E-state index in [4.69, 9.17) is 11.6 Å². The third-order valence-corrected chi connectivity index (χ3v) is 3.57. The van der Waals surface area contributed by atoms with Crippen molar-refractivity contribution in [2.45, 2.75) is 33.1 Å². The number of hydrogen-bond donors (Lipinski definition) is 2. The summed E-state index contributed by atoms with van der Waals surface area (Å²) in [5.41, 5.74) is 0.317. The van der Waals surface area contributed by atoms with Gasteiger partial charge in [-0.1, -0.05) is 13.3 Å². The van der Waals surface area contributed by atoms with Gasteiger partial charge in [-0.2, -0.15) is 5.10 Å². The van der Waals surface area contributed by atoms with Gasteiger partial charge in [0.1, 0.15) is 11.6 Å². The fourth-order valence-electron chi connectivity index (χ4n) is 2.35. The number of aromatic amines is 1. The van der Waals surface area contributed by atoms with E-state index in [-0.39, 0.29) is 5.69 Å². The van der Waals surface area contributed by atoms with Gasteiger partial charge in [0.05, 0.1) is 0 Å². The molecule has 2 N–H and O–H groups in total. The largest absolute Gasteiger partial charge is 0.370 e. The van der Waals surface area contributed by atoms with Crippen molar-refractivity contribution in [2.24, 2.45) is 5.92 Å². The van der Waals surface area contributed by atoms with Crippen molar-refractivity contribution in [1.82, 2.24) is 19.6 Å². The molecule has 2 aromatic rings. The summed E-state index contributed by atoms with van der Waals surface area (Å²) in [5, 5.41) is 9.70. The molecule has 7 heteroatoms. The zero-order valence-corrected chi connectivity index (χ0v) is 12.6. The number of halogens is 1. The topological polar surface area (TPSA) is 75.1 Å². The van der Waals surface area contributed by atoms with E-state index >= 15 is 0 Å². The fourth-order valence-corrected chi connectivity index (χ4v) is 2.66. The maximum absolute atomic E-state index is 11.5. The van der Waals surface area contributed by atoms with Crippen LogP contribution in [0.1, 0.15) is 32.0 Å². The lowest BCUT2D eigenvalue weighted by molar-refractivity contribution is 0.489. The normalized spacial score (nSPS) is 12.8. The Balaban J connectivity index is 2.11. The molecule has 0 radical (unpaired) electrons. The molecule has 0 fully saturated rings. The smallest absolute Gasteiger partial charge is 0.349 e. The standard InChI is InChI=1S/C13H20ClN5O/c1-3-4-10(5-6-14)8-15-11-7-12-17-18-13(20)19(12)9(2)16-11/h7,10,15H,3-6,8H2,1-2H3,(H,18,20). The van der Waals surface area contributed by atoms with Crippen molar-refractivity contribution >= 4 is 23.1 Å². The SMILES string of the molecule is CCCC(CCCl)CNc1cc2n[nH]c(=O)n2c(C)n1. The lowest BCUT2D eigenvalue weighted by Crippen LogP contribution is -2.17. The third kappa shape index (κ3) is 3.30. The Kier molecular flexibility index (Phi) is 5.00. The van der Waals surface area contributed by atoms with Crippen LogP contribution in [0.3, 0.4) is 0 Å². The summed E-state index contributed by atoms with van der Waals surface area (Å²) < 4.78 is 1.45. The van der Waals surface area contributed by atoms with Gasteiger partial charge in [0.25, 0.3) is 0 Å². The first-order chi connectivity index (χ1) is 9.65. The van der Waals surface area contributed by atoms with Gasteiger partial charge in [-0.05, 0) is 25.7 Å². The van der Waals surface area contributed by atoms with Crippen LogP contribution in [0.15, 0.2) is 10.9 Å². The van der Waals surface area contributed by atoms with Gasteiger partial charge in [0.2, 0.25) is 0 Å². The van der Waals surface area contributed by atoms with Crippen molar-refractivity contribution in [3.8, 4) is 0 Å². The van der Waals surface area contributed by atoms with Crippen LogP contribution in [0.25, 0.3) is 5.65 Å². The van der Waals surface area contributed by atoms with Gasteiger partial charge >= 0.3 is 5.69 Å². The first kappa shape index (κ1) is 14.8. The first-order valence-corrected chi connectivity index (χ1v) is 7.43. The number of nitrogens with zero attached hydrogens (tertiary/aromatic N) is 3. The maximum Gasteiger partial charge on any atom is 0.349 e. The van der Waals surface area contributed by atoms with Crippen LogP contribution in [0.2, 0.25) is 0 Å². The van der Waals surface area contributed by atoms with Crippen LogP contribution in [-0.4, -0.2) is 32.0 Å². The molecule has 0 aromatic carbocycles. The number of aryl methyl sites for hydroxylation is 1. The summed E-state index contributed by atoms with van der Waals surface area (Å²) >= 11 is 5.82. The lowest BCUT2D eigenvalue weighted by atomic mass is 10.0. The van der Waals surface area contributed by atoms with Crippen molar-refractivity contribution < 1.29 is 0 Å². The van der Waals surface area contributed by atoms with Crippen molar-refractivity contribution in [1.29, 1.82) is 0 Å². The maximum atomic E-state index is 11.5. The molecule has 20 heavy (non-hydrogen) atoms. The third-order valence-electron chi connectivity index (χ3n) is 3.36. The van der Waals surface area contributed by atoms with Crippen LogP contribution in [0.5, 0.6) is 0 Å². The number of anilines is 1. The Hall–Kier alpha value is -1.56. The molecule has 0 aliphatic rings. The molecule has 1 unspecified atom stereocenters. The Morgan fingerprint density at radius 3 is 3.00 bits per heavy atom. The van der Waals surface area contributed by atoms with E-state index in [0.717, 1.165) is 31.6 Å². The van der Waals surface area contributed by atoms with Gasteiger partial charge in [-0.15, -0.1) is 11.6 Å². The van der Waals surface area contributed by atoms with E-state index in [1.807, 2.05) is 0 Å². The van der Waals surface area contributed by atoms with Gasteiger partial charge in [0, 0.05) is 18.5 Å². The Morgan fingerprint density at radius 2 is 2.30 bits per heavy atom. The molecular weight excluding hydrogens is 278 g/mol. The number of H-pyrrole nitrogens is 1. The second-order valence-corrected chi connectivity index (χ2v) is 5.30. The van der Waals surface area contributed by atoms with E-state index in [1.54, 1.807) is 13.0 Å². The molecule has 0 saturated carbocycles. The van der Waals surface area contributed by atoms with Crippen LogP contribution in [0.4, 0.5) is 5.82 Å². The molecule has 2 heterocycles. The first-order valence-electron chi connectivity index (χ1n) is 6.90. The molecule has 2 aromatic heterocycles. The van der Waals surface area contributed by atoms with Crippen LogP contribution < -0.4 is 11.0 Å². The van der Waals surface area contributed by atoms with Gasteiger partial charge < -0.3 is 5.32 Å². The quantitative estimate of drug-likeness (QED) is 0.768. The zero-order chi connectivity index (χ0) is 14.5. The number of nitrogens with one attached hydrogen (secondary N) is 2. The molecule has 0 spiro atoms. The summed E-state index contributed by atoms with van der Waals surface area (Å²) in [6, 6.07) is 1.77. The second kappa shape index (κ2) is 6.74. The van der Waals surface area contributed by atoms with Crippen LogP contribution in [-0.2, 0) is 0 Å². The molecule has 2 rings (SSSR count). The van der Waals surface area contributed by atoms with Crippen LogP contribution >= 0.6 is 11.6 Å². The summed E-state index contributed by atoms with van der Waals surface area (Å²) in [4.78, 5) is 15.9. The fraction of sp³-hybridized carbons (Fsp3) is 0.615. The minimum absolute atomic E-state index is 0.262. The number of rotatable bonds is 7. The molecule has 0 aliphatic heterocycles. The van der Waals surface area contributed by atoms with Crippen LogP contribution in [0, 0.1) is 12.8 Å². The Morgan fingerprint density at radius 1 is 1.50 bits per heavy atom. The Bertz CT molecular complexity index is 615. The molecule has 0 amide bonds. The number of aromatic nitrogens is 4. The molecule has 0 saturated heterocycles. The summed E-state index contributed by atoms with van der Waals surface area (Å²) in [6.45, 7) is 4.79. The molecule has 1 atom stereocenters. The second-order valence-electron chi connectivity index (χ2n) is 4.92. The number of hydrogen-bond acceptors (Lipinski definition) is 4. The number of alkyl halides is 1. The minimum Gasteiger partial charge on any atom is -0.370 e. The summed E-state index contributed by atoms with van der Waals surface area (Å²) in [5.74, 6) is 2.57. The zero-order valence-electron chi connectivity index (χ0n) is 11.8. The highest BCUT2D eigenvalue weighted by molar-refractivity contribution is 6.17. The molecule has 6 nitrogen and oxygen atoms in total. The van der Waals surface area contributed by atoms with E-state index < -0.39 is 0 Å². The average molecular weight is 298 g/mol. The highest BCUT2D eigenvalue weighted by Crippen LogP contribution is 2.14. The van der Waals surface area contributed by atoms with E-state index in [9.17, 15) is 4.79 Å². The lowest BCUT2D eigenvalue weighted by Gasteiger charge is -2.16.